The van der Waals surface area contributed by atoms with Crippen LogP contribution in [0.3, 0.4) is 0 Å². The molecule has 0 amide bonds. The number of halogens is 1. The lowest BCUT2D eigenvalue weighted by molar-refractivity contribution is 0.217. The lowest BCUT2D eigenvalue weighted by Crippen LogP contribution is -2.31. The van der Waals surface area contributed by atoms with E-state index in [1.54, 1.807) is 0 Å². The molecule has 1 fully saturated rings. The third-order valence-electron chi connectivity index (χ3n) is 2.94. The minimum Gasteiger partial charge on any atom is -0.453 e. The Morgan fingerprint density at radius 1 is 1.60 bits per heavy atom. The van der Waals surface area contributed by atoms with Crippen LogP contribution in [0.15, 0.2) is 21.2 Å². The van der Waals surface area contributed by atoms with Gasteiger partial charge in [0.25, 0.3) is 0 Å². The summed E-state index contributed by atoms with van der Waals surface area (Å²) in [6.45, 7) is 4.37. The van der Waals surface area contributed by atoms with Crippen molar-refractivity contribution in [2.45, 2.75) is 31.8 Å². The Bertz CT molecular complexity index is 324. The topological polar surface area (TPSA) is 42.4 Å². The van der Waals surface area contributed by atoms with Gasteiger partial charge in [-0.3, -0.25) is 4.90 Å². The van der Waals surface area contributed by atoms with Crippen molar-refractivity contribution in [1.82, 2.24) is 4.90 Å². The molecule has 0 spiro atoms. The molecule has 2 unspecified atom stereocenters. The third kappa shape index (κ3) is 2.27. The Hall–Kier alpha value is -0.320. The molecule has 0 aromatic carbocycles. The summed E-state index contributed by atoms with van der Waals surface area (Å²) in [6, 6.07) is 4.42. The van der Waals surface area contributed by atoms with Crippen LogP contribution in [0.2, 0.25) is 0 Å². The maximum absolute atomic E-state index is 6.12. The third-order valence-corrected chi connectivity index (χ3v) is 3.37. The average molecular weight is 273 g/mol. The minimum absolute atomic E-state index is 0.203. The average Bonchev–Trinajstić information content (AvgIpc) is 2.74. The number of nitrogens with two attached hydrogens (primary N) is 1. The minimum atomic E-state index is 0.203. The first-order chi connectivity index (χ1) is 7.22. The van der Waals surface area contributed by atoms with E-state index >= 15 is 0 Å². The van der Waals surface area contributed by atoms with Crippen molar-refractivity contribution in [3.8, 4) is 0 Å². The Morgan fingerprint density at radius 3 is 3.00 bits per heavy atom. The van der Waals surface area contributed by atoms with Crippen molar-refractivity contribution in [1.29, 1.82) is 0 Å². The smallest absolute Gasteiger partial charge is 0.169 e. The predicted molar refractivity (Wildman–Crippen MR) is 63.6 cm³/mol. The number of likely N-dealkylation sites (tertiary alicyclic amines) is 1. The van der Waals surface area contributed by atoms with Crippen molar-refractivity contribution in [3.63, 3.8) is 0 Å². The van der Waals surface area contributed by atoms with E-state index in [9.17, 15) is 0 Å². The fourth-order valence-electron chi connectivity index (χ4n) is 2.30. The molecule has 0 bridgehead atoms. The molecule has 2 atom stereocenters. The van der Waals surface area contributed by atoms with Crippen molar-refractivity contribution < 1.29 is 4.42 Å². The Balaban J connectivity index is 2.17. The zero-order valence-electron chi connectivity index (χ0n) is 8.95. The first-order valence-corrected chi connectivity index (χ1v) is 6.26. The van der Waals surface area contributed by atoms with Crippen LogP contribution in [0, 0.1) is 0 Å². The van der Waals surface area contributed by atoms with Gasteiger partial charge in [-0.15, -0.1) is 0 Å². The number of rotatable bonds is 3. The number of hydrogen-bond acceptors (Lipinski definition) is 3. The molecule has 0 saturated carbocycles. The van der Waals surface area contributed by atoms with Gasteiger partial charge in [0, 0.05) is 12.6 Å². The SMILES string of the molecule is CCCN1CCC(N)C1c1ccc(Br)o1. The Labute approximate surface area is 98.7 Å². The molecule has 4 heteroatoms. The molecule has 0 aliphatic carbocycles. The number of hydrogen-bond donors (Lipinski definition) is 1. The standard InChI is InChI=1S/C11H17BrN2O/c1-2-6-14-7-5-8(13)11(14)9-3-4-10(12)15-9/h3-4,8,11H,2,5-7,13H2,1H3. The molecule has 1 aromatic heterocycles. The highest BCUT2D eigenvalue weighted by Crippen LogP contribution is 2.33. The lowest BCUT2D eigenvalue weighted by Gasteiger charge is -2.24. The molecule has 15 heavy (non-hydrogen) atoms. The van der Waals surface area contributed by atoms with Crippen molar-refractivity contribution in [2.75, 3.05) is 13.1 Å². The summed E-state index contributed by atoms with van der Waals surface area (Å²) in [5.74, 6) is 0.986. The van der Waals surface area contributed by atoms with Gasteiger partial charge in [-0.05, 0) is 47.4 Å². The van der Waals surface area contributed by atoms with Crippen LogP contribution in [-0.4, -0.2) is 24.0 Å². The van der Waals surface area contributed by atoms with Gasteiger partial charge in [0.1, 0.15) is 5.76 Å². The second-order valence-corrected chi connectivity index (χ2v) is 4.86. The molecule has 3 nitrogen and oxygen atoms in total. The quantitative estimate of drug-likeness (QED) is 0.920. The molecule has 1 aliphatic rings. The van der Waals surface area contributed by atoms with Crippen molar-refractivity contribution >= 4 is 15.9 Å². The first-order valence-electron chi connectivity index (χ1n) is 5.47. The van der Waals surface area contributed by atoms with Gasteiger partial charge in [-0.25, -0.2) is 0 Å². The highest BCUT2D eigenvalue weighted by molar-refractivity contribution is 9.10. The Morgan fingerprint density at radius 2 is 2.40 bits per heavy atom. The van der Waals surface area contributed by atoms with E-state index in [0.717, 1.165) is 36.4 Å². The van der Waals surface area contributed by atoms with Gasteiger partial charge >= 0.3 is 0 Å². The fourth-order valence-corrected chi connectivity index (χ4v) is 2.62. The fraction of sp³-hybridized carbons (Fsp3) is 0.636. The van der Waals surface area contributed by atoms with Crippen LogP contribution in [0.25, 0.3) is 0 Å². The monoisotopic (exact) mass is 272 g/mol. The molecule has 2 N–H and O–H groups in total. The molecule has 1 aliphatic heterocycles. The highest BCUT2D eigenvalue weighted by Gasteiger charge is 2.34. The summed E-state index contributed by atoms with van der Waals surface area (Å²) in [7, 11) is 0. The van der Waals surface area contributed by atoms with Gasteiger partial charge < -0.3 is 10.2 Å². The number of furan rings is 1. The summed E-state index contributed by atoms with van der Waals surface area (Å²) in [5, 5.41) is 0. The van der Waals surface area contributed by atoms with E-state index in [4.69, 9.17) is 10.2 Å². The molecular formula is C11H17BrN2O. The predicted octanol–water partition coefficient (Wildman–Crippen LogP) is 2.53. The van der Waals surface area contributed by atoms with Crippen molar-refractivity contribution in [3.05, 3.63) is 22.6 Å². The van der Waals surface area contributed by atoms with Crippen LogP contribution >= 0.6 is 15.9 Å². The summed E-state index contributed by atoms with van der Waals surface area (Å²) in [4.78, 5) is 2.41. The molecule has 2 rings (SSSR count). The summed E-state index contributed by atoms with van der Waals surface area (Å²) in [5.41, 5.74) is 6.12. The zero-order chi connectivity index (χ0) is 10.8. The van der Waals surface area contributed by atoms with E-state index < -0.39 is 0 Å². The van der Waals surface area contributed by atoms with Crippen LogP contribution < -0.4 is 5.73 Å². The van der Waals surface area contributed by atoms with Crippen LogP contribution in [0.1, 0.15) is 31.6 Å². The summed E-state index contributed by atoms with van der Waals surface area (Å²) in [6.07, 6.45) is 2.22. The maximum Gasteiger partial charge on any atom is 0.169 e. The lowest BCUT2D eigenvalue weighted by atomic mass is 10.1. The normalized spacial score (nSPS) is 27.4. The van der Waals surface area contributed by atoms with Crippen molar-refractivity contribution in [2.24, 2.45) is 5.73 Å². The van der Waals surface area contributed by atoms with E-state index in [2.05, 4.69) is 27.8 Å². The number of nitrogens with zero attached hydrogens (tertiary/aromatic N) is 1. The Kier molecular flexibility index (Phi) is 3.49. The zero-order valence-corrected chi connectivity index (χ0v) is 10.5. The van der Waals surface area contributed by atoms with Gasteiger partial charge in [0.05, 0.1) is 6.04 Å². The van der Waals surface area contributed by atoms with E-state index in [-0.39, 0.29) is 12.1 Å². The molecule has 1 aromatic rings. The maximum atomic E-state index is 6.12. The highest BCUT2D eigenvalue weighted by atomic mass is 79.9. The molecule has 1 saturated heterocycles. The molecule has 2 heterocycles. The summed E-state index contributed by atoms with van der Waals surface area (Å²) >= 11 is 3.33. The molecule has 0 radical (unpaired) electrons. The van der Waals surface area contributed by atoms with Crippen LogP contribution in [0.5, 0.6) is 0 Å². The second kappa shape index (κ2) is 4.68. The van der Waals surface area contributed by atoms with E-state index in [0.29, 0.717) is 0 Å². The molecule has 84 valence electrons. The van der Waals surface area contributed by atoms with Gasteiger partial charge in [0.2, 0.25) is 0 Å². The van der Waals surface area contributed by atoms with Crippen LogP contribution in [-0.2, 0) is 0 Å². The van der Waals surface area contributed by atoms with E-state index in [1.807, 2.05) is 12.1 Å². The van der Waals surface area contributed by atoms with Crippen LogP contribution in [0.4, 0.5) is 0 Å². The first kappa shape index (κ1) is 11.2. The summed E-state index contributed by atoms with van der Waals surface area (Å²) < 4.78 is 6.39. The largest absolute Gasteiger partial charge is 0.453 e. The molecular weight excluding hydrogens is 256 g/mol. The van der Waals surface area contributed by atoms with E-state index in [1.165, 1.54) is 0 Å². The van der Waals surface area contributed by atoms with Gasteiger partial charge in [-0.1, -0.05) is 6.92 Å². The van der Waals surface area contributed by atoms with Gasteiger partial charge in [-0.2, -0.15) is 0 Å². The second-order valence-electron chi connectivity index (χ2n) is 4.08. The van der Waals surface area contributed by atoms with Gasteiger partial charge in [0.15, 0.2) is 4.67 Å².